The Hall–Kier alpha value is -2.44. The fourth-order valence-corrected chi connectivity index (χ4v) is 1.47. The van der Waals surface area contributed by atoms with Crippen molar-refractivity contribution >= 4 is 17.6 Å². The summed E-state index contributed by atoms with van der Waals surface area (Å²) in [6, 6.07) is 5.95. The molecule has 0 spiro atoms. The van der Waals surface area contributed by atoms with Gasteiger partial charge in [-0.25, -0.2) is 0 Å². The maximum absolute atomic E-state index is 11.7. The number of amides is 1. The molecular weight excluding hydrogens is 264 g/mol. The Bertz CT molecular complexity index is 539. The number of nitro benzene ring substituents is 1. The number of carbonyl (C=O) groups excluding carboxylic acids is 1. The molecule has 0 saturated heterocycles. The molecule has 0 aliphatic heterocycles. The molecule has 108 valence electrons. The van der Waals surface area contributed by atoms with E-state index >= 15 is 0 Å². The van der Waals surface area contributed by atoms with Gasteiger partial charge < -0.3 is 10.4 Å². The van der Waals surface area contributed by atoms with Crippen LogP contribution in [0.2, 0.25) is 0 Å². The first-order valence-corrected chi connectivity index (χ1v) is 5.96. The van der Waals surface area contributed by atoms with Gasteiger partial charge in [0, 0.05) is 18.2 Å². The van der Waals surface area contributed by atoms with E-state index in [2.05, 4.69) is 5.32 Å². The zero-order valence-electron chi connectivity index (χ0n) is 11.3. The molecule has 1 amide bonds. The van der Waals surface area contributed by atoms with Crippen LogP contribution in [0, 0.1) is 15.5 Å². The predicted molar refractivity (Wildman–Crippen MR) is 71.2 cm³/mol. The van der Waals surface area contributed by atoms with Gasteiger partial charge in [0.1, 0.15) is 0 Å². The van der Waals surface area contributed by atoms with Crippen LogP contribution in [-0.4, -0.2) is 28.5 Å². The first kappa shape index (κ1) is 15.6. The lowest BCUT2D eigenvalue weighted by Gasteiger charge is -2.19. The van der Waals surface area contributed by atoms with E-state index in [1.807, 2.05) is 0 Å². The first-order chi connectivity index (χ1) is 9.24. The molecule has 0 aliphatic rings. The summed E-state index contributed by atoms with van der Waals surface area (Å²) in [4.78, 5) is 32.9. The third kappa shape index (κ3) is 4.04. The molecule has 0 saturated carbocycles. The second-order valence-electron chi connectivity index (χ2n) is 5.03. The maximum Gasteiger partial charge on any atom is 0.310 e. The summed E-state index contributed by atoms with van der Waals surface area (Å²) < 4.78 is 0. The number of rotatable bonds is 6. The summed E-state index contributed by atoms with van der Waals surface area (Å²) in [6.45, 7) is 2.93. The van der Waals surface area contributed by atoms with Crippen molar-refractivity contribution < 1.29 is 19.6 Å². The fraction of sp³-hybridized carbons (Fsp3) is 0.385. The molecule has 1 rings (SSSR count). The van der Waals surface area contributed by atoms with Crippen molar-refractivity contribution in [3.05, 3.63) is 39.9 Å². The Kier molecular flexibility index (Phi) is 4.79. The Morgan fingerprint density at radius 3 is 2.50 bits per heavy atom. The third-order valence-electron chi connectivity index (χ3n) is 2.85. The summed E-state index contributed by atoms with van der Waals surface area (Å²) >= 11 is 0. The molecule has 0 aliphatic carbocycles. The van der Waals surface area contributed by atoms with Gasteiger partial charge in [-0.1, -0.05) is 18.2 Å². The van der Waals surface area contributed by atoms with Crippen LogP contribution in [0.25, 0.3) is 0 Å². The van der Waals surface area contributed by atoms with Gasteiger partial charge in [0.15, 0.2) is 0 Å². The number of hydrogen-bond acceptors (Lipinski definition) is 4. The lowest BCUT2D eigenvalue weighted by Crippen LogP contribution is -2.39. The molecular formula is C13H16N2O5. The van der Waals surface area contributed by atoms with Gasteiger partial charge in [0.05, 0.1) is 16.8 Å². The molecule has 0 fully saturated rings. The van der Waals surface area contributed by atoms with Gasteiger partial charge in [-0.05, 0) is 13.8 Å². The SMILES string of the molecule is CC(C)(CNC(=O)Cc1ccccc1[N+](=O)[O-])C(=O)O. The highest BCUT2D eigenvalue weighted by Gasteiger charge is 2.27. The lowest BCUT2D eigenvalue weighted by atomic mass is 9.94. The summed E-state index contributed by atoms with van der Waals surface area (Å²) in [6.07, 6.45) is -0.160. The average Bonchev–Trinajstić information content (AvgIpc) is 2.36. The van der Waals surface area contributed by atoms with Gasteiger partial charge in [0.2, 0.25) is 5.91 Å². The van der Waals surface area contributed by atoms with Crippen LogP contribution in [0.15, 0.2) is 24.3 Å². The van der Waals surface area contributed by atoms with Crippen molar-refractivity contribution in [2.45, 2.75) is 20.3 Å². The number of nitrogens with one attached hydrogen (secondary N) is 1. The zero-order valence-corrected chi connectivity index (χ0v) is 11.3. The third-order valence-corrected chi connectivity index (χ3v) is 2.85. The van der Waals surface area contributed by atoms with E-state index in [0.29, 0.717) is 5.56 Å². The lowest BCUT2D eigenvalue weighted by molar-refractivity contribution is -0.385. The van der Waals surface area contributed by atoms with Crippen LogP contribution in [0.1, 0.15) is 19.4 Å². The predicted octanol–water partition coefficient (Wildman–Crippen LogP) is 1.36. The van der Waals surface area contributed by atoms with Gasteiger partial charge in [0.25, 0.3) is 5.69 Å². The van der Waals surface area contributed by atoms with Crippen molar-refractivity contribution in [2.24, 2.45) is 5.41 Å². The molecule has 2 N–H and O–H groups in total. The van der Waals surface area contributed by atoms with E-state index in [-0.39, 0.29) is 18.7 Å². The number of nitrogens with zero attached hydrogens (tertiary/aromatic N) is 1. The van der Waals surface area contributed by atoms with E-state index in [1.54, 1.807) is 6.07 Å². The molecule has 0 aromatic heterocycles. The van der Waals surface area contributed by atoms with Crippen LogP contribution in [0.3, 0.4) is 0 Å². The van der Waals surface area contributed by atoms with Gasteiger partial charge in [-0.3, -0.25) is 19.7 Å². The van der Waals surface area contributed by atoms with Crippen molar-refractivity contribution in [1.82, 2.24) is 5.32 Å². The van der Waals surface area contributed by atoms with E-state index in [0.717, 1.165) is 0 Å². The number of aliphatic carboxylic acids is 1. The fourth-order valence-electron chi connectivity index (χ4n) is 1.47. The van der Waals surface area contributed by atoms with E-state index < -0.39 is 22.2 Å². The van der Waals surface area contributed by atoms with Crippen LogP contribution in [-0.2, 0) is 16.0 Å². The van der Waals surface area contributed by atoms with E-state index in [1.165, 1.54) is 32.0 Å². The van der Waals surface area contributed by atoms with Crippen LogP contribution < -0.4 is 5.32 Å². The number of benzene rings is 1. The monoisotopic (exact) mass is 280 g/mol. The van der Waals surface area contributed by atoms with Crippen molar-refractivity contribution in [3.63, 3.8) is 0 Å². The second-order valence-corrected chi connectivity index (χ2v) is 5.03. The van der Waals surface area contributed by atoms with Crippen LogP contribution in [0.5, 0.6) is 0 Å². The molecule has 7 nitrogen and oxygen atoms in total. The Labute approximate surface area is 115 Å². The molecule has 1 aromatic rings. The highest BCUT2D eigenvalue weighted by Crippen LogP contribution is 2.18. The summed E-state index contributed by atoms with van der Waals surface area (Å²) in [5.74, 6) is -1.47. The van der Waals surface area contributed by atoms with Crippen molar-refractivity contribution in [1.29, 1.82) is 0 Å². The quantitative estimate of drug-likeness (QED) is 0.604. The number of para-hydroxylation sites is 1. The maximum atomic E-state index is 11.7. The minimum absolute atomic E-state index is 0.0399. The summed E-state index contributed by atoms with van der Waals surface area (Å²) in [7, 11) is 0. The average molecular weight is 280 g/mol. The van der Waals surface area contributed by atoms with E-state index in [9.17, 15) is 19.7 Å². The highest BCUT2D eigenvalue weighted by molar-refractivity contribution is 5.81. The summed E-state index contributed by atoms with van der Waals surface area (Å²) in [5, 5.41) is 22.2. The number of carboxylic acid groups (broad SMARTS) is 1. The van der Waals surface area contributed by atoms with Crippen molar-refractivity contribution in [3.8, 4) is 0 Å². The summed E-state index contributed by atoms with van der Waals surface area (Å²) in [5.41, 5.74) is -0.915. The molecule has 0 atom stereocenters. The highest BCUT2D eigenvalue weighted by atomic mass is 16.6. The molecule has 1 aromatic carbocycles. The molecule has 7 heteroatoms. The number of hydrogen-bond donors (Lipinski definition) is 2. The van der Waals surface area contributed by atoms with Crippen LogP contribution >= 0.6 is 0 Å². The second kappa shape index (κ2) is 6.14. The topological polar surface area (TPSA) is 110 Å². The van der Waals surface area contributed by atoms with Gasteiger partial charge in [-0.2, -0.15) is 0 Å². The number of nitro groups is 1. The Morgan fingerprint density at radius 2 is 1.95 bits per heavy atom. The molecule has 0 heterocycles. The smallest absolute Gasteiger partial charge is 0.310 e. The van der Waals surface area contributed by atoms with E-state index in [4.69, 9.17) is 5.11 Å². The van der Waals surface area contributed by atoms with Crippen LogP contribution in [0.4, 0.5) is 5.69 Å². The zero-order chi connectivity index (χ0) is 15.3. The molecule has 0 radical (unpaired) electrons. The standard InChI is InChI=1S/C13H16N2O5/c1-13(2,12(17)18)8-14-11(16)7-9-5-3-4-6-10(9)15(19)20/h3-6H,7-8H2,1-2H3,(H,14,16)(H,17,18). The Balaban J connectivity index is 2.69. The normalized spacial score (nSPS) is 10.9. The Morgan fingerprint density at radius 1 is 1.35 bits per heavy atom. The molecule has 0 unspecified atom stereocenters. The minimum Gasteiger partial charge on any atom is -0.481 e. The van der Waals surface area contributed by atoms with Gasteiger partial charge in [-0.15, -0.1) is 0 Å². The number of carboxylic acids is 1. The largest absolute Gasteiger partial charge is 0.481 e. The molecule has 20 heavy (non-hydrogen) atoms. The van der Waals surface area contributed by atoms with Gasteiger partial charge >= 0.3 is 5.97 Å². The molecule has 0 bridgehead atoms. The minimum atomic E-state index is -1.09. The first-order valence-electron chi connectivity index (χ1n) is 5.96. The van der Waals surface area contributed by atoms with Crippen molar-refractivity contribution in [2.75, 3.05) is 6.54 Å². The number of carbonyl (C=O) groups is 2.